The Hall–Kier alpha value is -1.92. The van der Waals surface area contributed by atoms with Crippen LogP contribution in [-0.2, 0) is 6.54 Å². The Morgan fingerprint density at radius 3 is 2.89 bits per heavy atom. The second-order valence-electron chi connectivity index (χ2n) is 5.00. The topological polar surface area (TPSA) is 95.7 Å². The van der Waals surface area contributed by atoms with Gasteiger partial charge in [0.1, 0.15) is 6.54 Å². The zero-order chi connectivity index (χ0) is 12.7. The van der Waals surface area contributed by atoms with Gasteiger partial charge in [0.2, 0.25) is 5.89 Å². The molecule has 0 spiro atoms. The second kappa shape index (κ2) is 4.08. The van der Waals surface area contributed by atoms with E-state index in [2.05, 4.69) is 34.3 Å². The van der Waals surface area contributed by atoms with Crippen molar-refractivity contribution in [3.05, 3.63) is 17.4 Å². The van der Waals surface area contributed by atoms with Crippen molar-refractivity contribution >= 4 is 5.82 Å². The smallest absolute Gasteiger partial charge is 0.229 e. The fourth-order valence-electron chi connectivity index (χ4n) is 2.01. The van der Waals surface area contributed by atoms with E-state index in [0.717, 1.165) is 24.4 Å². The van der Waals surface area contributed by atoms with Crippen LogP contribution in [-0.4, -0.2) is 25.1 Å². The Bertz CT molecular complexity index is 554. The first-order chi connectivity index (χ1) is 8.65. The molecule has 1 saturated carbocycles. The van der Waals surface area contributed by atoms with Gasteiger partial charge in [-0.2, -0.15) is 4.98 Å². The van der Waals surface area contributed by atoms with Crippen LogP contribution in [0.3, 0.4) is 0 Å². The molecule has 1 aliphatic rings. The van der Waals surface area contributed by atoms with Crippen LogP contribution in [0, 0.1) is 0 Å². The van der Waals surface area contributed by atoms with Gasteiger partial charge in [0.15, 0.2) is 11.6 Å². The number of hydrogen-bond donors (Lipinski definition) is 1. The average Bonchev–Trinajstić information content (AvgIpc) is 2.96. The molecule has 2 aromatic heterocycles. The Labute approximate surface area is 104 Å². The SMILES string of the molecule is CC(C)c1c(N)nnn1Cc1noc(C2CC2)n1. The predicted molar refractivity (Wildman–Crippen MR) is 63.9 cm³/mol. The molecule has 2 heterocycles. The minimum absolute atomic E-state index is 0.259. The van der Waals surface area contributed by atoms with E-state index in [1.165, 1.54) is 0 Å². The highest BCUT2D eigenvalue weighted by atomic mass is 16.5. The van der Waals surface area contributed by atoms with E-state index in [9.17, 15) is 0 Å². The molecule has 96 valence electrons. The van der Waals surface area contributed by atoms with Gasteiger partial charge in [0.05, 0.1) is 5.69 Å². The van der Waals surface area contributed by atoms with Gasteiger partial charge in [0.25, 0.3) is 0 Å². The van der Waals surface area contributed by atoms with Crippen LogP contribution in [0.25, 0.3) is 0 Å². The molecule has 7 heteroatoms. The summed E-state index contributed by atoms with van der Waals surface area (Å²) in [5.74, 6) is 2.57. The molecule has 0 aromatic carbocycles. The molecule has 2 aromatic rings. The number of hydrogen-bond acceptors (Lipinski definition) is 6. The normalized spacial score (nSPS) is 15.5. The third-order valence-corrected chi connectivity index (χ3v) is 3.05. The van der Waals surface area contributed by atoms with Crippen molar-refractivity contribution in [2.24, 2.45) is 0 Å². The molecule has 1 fully saturated rings. The highest BCUT2D eigenvalue weighted by Crippen LogP contribution is 2.38. The van der Waals surface area contributed by atoms with Gasteiger partial charge in [-0.25, -0.2) is 4.68 Å². The molecule has 7 nitrogen and oxygen atoms in total. The van der Waals surface area contributed by atoms with E-state index in [1.54, 1.807) is 4.68 Å². The number of nitrogens with zero attached hydrogens (tertiary/aromatic N) is 5. The molecule has 3 rings (SSSR count). The molecule has 0 bridgehead atoms. The van der Waals surface area contributed by atoms with Crippen LogP contribution in [0.15, 0.2) is 4.52 Å². The maximum absolute atomic E-state index is 5.80. The molecule has 0 unspecified atom stereocenters. The minimum atomic E-state index is 0.259. The van der Waals surface area contributed by atoms with Crippen LogP contribution in [0.1, 0.15) is 55.9 Å². The highest BCUT2D eigenvalue weighted by molar-refractivity contribution is 5.35. The van der Waals surface area contributed by atoms with E-state index in [1.807, 2.05) is 0 Å². The third kappa shape index (κ3) is 1.96. The third-order valence-electron chi connectivity index (χ3n) is 3.05. The van der Waals surface area contributed by atoms with Crippen molar-refractivity contribution < 1.29 is 4.52 Å². The summed E-state index contributed by atoms with van der Waals surface area (Å²) < 4.78 is 6.95. The van der Waals surface area contributed by atoms with E-state index in [0.29, 0.717) is 24.1 Å². The van der Waals surface area contributed by atoms with Crippen LogP contribution >= 0.6 is 0 Å². The number of nitrogen functional groups attached to an aromatic ring is 1. The van der Waals surface area contributed by atoms with Gasteiger partial charge in [-0.05, 0) is 18.8 Å². The summed E-state index contributed by atoms with van der Waals surface area (Å²) in [5, 5.41) is 11.9. The molecule has 2 N–H and O–H groups in total. The van der Waals surface area contributed by atoms with Crippen molar-refractivity contribution in [3.8, 4) is 0 Å². The van der Waals surface area contributed by atoms with Gasteiger partial charge in [-0.1, -0.05) is 24.2 Å². The van der Waals surface area contributed by atoms with Gasteiger partial charge in [0, 0.05) is 5.92 Å². The van der Waals surface area contributed by atoms with E-state index in [4.69, 9.17) is 10.3 Å². The van der Waals surface area contributed by atoms with Crippen LogP contribution < -0.4 is 5.73 Å². The molecular formula is C11H16N6O. The minimum Gasteiger partial charge on any atom is -0.381 e. The van der Waals surface area contributed by atoms with Crippen molar-refractivity contribution in [2.75, 3.05) is 5.73 Å². The first-order valence-electron chi connectivity index (χ1n) is 6.16. The summed E-state index contributed by atoms with van der Waals surface area (Å²) >= 11 is 0. The van der Waals surface area contributed by atoms with E-state index >= 15 is 0 Å². The molecular weight excluding hydrogens is 232 g/mol. The molecule has 0 atom stereocenters. The Morgan fingerprint density at radius 1 is 1.44 bits per heavy atom. The van der Waals surface area contributed by atoms with Crippen LogP contribution in [0.4, 0.5) is 5.82 Å². The molecule has 18 heavy (non-hydrogen) atoms. The predicted octanol–water partition coefficient (Wildman–Crippen LogP) is 1.29. The number of rotatable bonds is 4. The lowest BCUT2D eigenvalue weighted by Crippen LogP contribution is -2.09. The number of nitrogens with two attached hydrogens (primary N) is 1. The number of anilines is 1. The average molecular weight is 248 g/mol. The maximum Gasteiger partial charge on any atom is 0.229 e. The summed E-state index contributed by atoms with van der Waals surface area (Å²) in [6.07, 6.45) is 2.30. The summed E-state index contributed by atoms with van der Waals surface area (Å²) in [4.78, 5) is 4.37. The molecule has 0 saturated heterocycles. The lowest BCUT2D eigenvalue weighted by atomic mass is 10.1. The van der Waals surface area contributed by atoms with Crippen LogP contribution in [0.2, 0.25) is 0 Å². The van der Waals surface area contributed by atoms with Gasteiger partial charge < -0.3 is 10.3 Å². The summed E-state index contributed by atoms with van der Waals surface area (Å²) in [6, 6.07) is 0. The lowest BCUT2D eigenvalue weighted by Gasteiger charge is -2.07. The first kappa shape index (κ1) is 11.2. The fourth-order valence-corrected chi connectivity index (χ4v) is 2.01. The van der Waals surface area contributed by atoms with Gasteiger partial charge in [-0.3, -0.25) is 0 Å². The van der Waals surface area contributed by atoms with Crippen molar-refractivity contribution in [3.63, 3.8) is 0 Å². The summed E-state index contributed by atoms with van der Waals surface area (Å²) in [5.41, 5.74) is 6.71. The first-order valence-corrected chi connectivity index (χ1v) is 6.16. The highest BCUT2D eigenvalue weighted by Gasteiger charge is 2.29. The van der Waals surface area contributed by atoms with Crippen LogP contribution in [0.5, 0.6) is 0 Å². The molecule has 0 amide bonds. The zero-order valence-electron chi connectivity index (χ0n) is 10.5. The number of aromatic nitrogens is 5. The quantitative estimate of drug-likeness (QED) is 0.875. The zero-order valence-corrected chi connectivity index (χ0v) is 10.5. The Balaban J connectivity index is 1.82. The summed E-state index contributed by atoms with van der Waals surface area (Å²) in [6.45, 7) is 4.56. The largest absolute Gasteiger partial charge is 0.381 e. The van der Waals surface area contributed by atoms with E-state index in [-0.39, 0.29) is 5.92 Å². The van der Waals surface area contributed by atoms with E-state index < -0.39 is 0 Å². The second-order valence-corrected chi connectivity index (χ2v) is 5.00. The molecule has 1 aliphatic carbocycles. The van der Waals surface area contributed by atoms with Crippen molar-refractivity contribution in [2.45, 2.75) is 45.1 Å². The summed E-state index contributed by atoms with van der Waals surface area (Å²) in [7, 11) is 0. The standard InChI is InChI=1S/C11H16N6O/c1-6(2)9-10(12)14-16-17(9)5-8-13-11(18-15-8)7-3-4-7/h6-7H,3-5,12H2,1-2H3. The fraction of sp³-hybridized carbons (Fsp3) is 0.636. The maximum atomic E-state index is 5.80. The lowest BCUT2D eigenvalue weighted by molar-refractivity contribution is 0.371. The van der Waals surface area contributed by atoms with Gasteiger partial charge >= 0.3 is 0 Å². The Kier molecular flexibility index (Phi) is 2.53. The monoisotopic (exact) mass is 248 g/mol. The Morgan fingerprint density at radius 2 is 2.22 bits per heavy atom. The van der Waals surface area contributed by atoms with Gasteiger partial charge in [-0.15, -0.1) is 5.10 Å². The van der Waals surface area contributed by atoms with Crippen molar-refractivity contribution in [1.29, 1.82) is 0 Å². The molecule has 0 aliphatic heterocycles. The molecule has 0 radical (unpaired) electrons. The van der Waals surface area contributed by atoms with Crippen molar-refractivity contribution in [1.82, 2.24) is 25.1 Å².